The third kappa shape index (κ3) is 3.60. The van der Waals surface area contributed by atoms with Crippen LogP contribution in [0.2, 0.25) is 0 Å². The first-order chi connectivity index (χ1) is 7.69. The zero-order valence-electron chi connectivity index (χ0n) is 10.9. The van der Waals surface area contributed by atoms with Crippen LogP contribution in [0.3, 0.4) is 0 Å². The molecule has 0 aliphatic heterocycles. The van der Waals surface area contributed by atoms with Crippen LogP contribution in [0.15, 0.2) is 24.5 Å². The number of rotatable bonds is 6. The van der Waals surface area contributed by atoms with Crippen molar-refractivity contribution < 1.29 is 0 Å². The fraction of sp³-hybridized carbons (Fsp3) is 0.643. The maximum atomic E-state index is 4.07. The predicted octanol–water partition coefficient (Wildman–Crippen LogP) is 3.21. The summed E-state index contributed by atoms with van der Waals surface area (Å²) < 4.78 is 0. The minimum atomic E-state index is 0.544. The smallest absolute Gasteiger partial charge is 0.0270 e. The third-order valence-corrected chi connectivity index (χ3v) is 3.56. The van der Waals surface area contributed by atoms with Crippen molar-refractivity contribution in [3.05, 3.63) is 30.1 Å². The van der Waals surface area contributed by atoms with Crippen molar-refractivity contribution in [3.63, 3.8) is 0 Å². The van der Waals surface area contributed by atoms with Crippen LogP contribution in [0.1, 0.15) is 45.1 Å². The molecule has 0 bridgehead atoms. The molecular formula is C14H24N2. The Kier molecular flexibility index (Phi) is 5.47. The molecule has 1 N–H and O–H groups in total. The Balaban J connectivity index is 2.66. The highest BCUT2D eigenvalue weighted by Gasteiger charge is 2.18. The molecule has 0 saturated heterocycles. The van der Waals surface area contributed by atoms with E-state index in [1.54, 1.807) is 0 Å². The van der Waals surface area contributed by atoms with Gasteiger partial charge in [-0.2, -0.15) is 0 Å². The SMILES string of the molecule is CCC(C)CC(NC)C(C)c1ccncc1. The summed E-state index contributed by atoms with van der Waals surface area (Å²) in [4.78, 5) is 4.07. The monoisotopic (exact) mass is 220 g/mol. The first-order valence-corrected chi connectivity index (χ1v) is 6.26. The zero-order valence-corrected chi connectivity index (χ0v) is 10.9. The van der Waals surface area contributed by atoms with Crippen LogP contribution in [0.5, 0.6) is 0 Å². The molecule has 0 aliphatic carbocycles. The van der Waals surface area contributed by atoms with Crippen molar-refractivity contribution in [2.45, 2.75) is 45.6 Å². The Hall–Kier alpha value is -0.890. The molecule has 90 valence electrons. The Morgan fingerprint density at radius 3 is 2.38 bits per heavy atom. The molecule has 3 atom stereocenters. The third-order valence-electron chi connectivity index (χ3n) is 3.56. The lowest BCUT2D eigenvalue weighted by Crippen LogP contribution is -2.32. The number of aromatic nitrogens is 1. The van der Waals surface area contributed by atoms with E-state index >= 15 is 0 Å². The van der Waals surface area contributed by atoms with E-state index in [0.717, 1.165) is 5.92 Å². The molecule has 1 rings (SSSR count). The summed E-state index contributed by atoms with van der Waals surface area (Å²) in [6.07, 6.45) is 6.24. The van der Waals surface area contributed by atoms with Crippen molar-refractivity contribution >= 4 is 0 Å². The highest BCUT2D eigenvalue weighted by molar-refractivity contribution is 5.17. The number of nitrogens with one attached hydrogen (secondary N) is 1. The Morgan fingerprint density at radius 2 is 1.88 bits per heavy atom. The standard InChI is InChI=1S/C14H24N2/c1-5-11(2)10-14(15-4)12(3)13-6-8-16-9-7-13/h6-9,11-12,14-15H,5,10H2,1-4H3. The zero-order chi connectivity index (χ0) is 12.0. The van der Waals surface area contributed by atoms with Crippen molar-refractivity contribution in [1.82, 2.24) is 10.3 Å². The van der Waals surface area contributed by atoms with Gasteiger partial charge in [-0.25, -0.2) is 0 Å². The quantitative estimate of drug-likeness (QED) is 0.796. The van der Waals surface area contributed by atoms with Gasteiger partial charge in [0.05, 0.1) is 0 Å². The molecule has 0 aromatic carbocycles. The van der Waals surface area contributed by atoms with Gasteiger partial charge in [0.1, 0.15) is 0 Å². The molecule has 1 heterocycles. The van der Waals surface area contributed by atoms with Crippen molar-refractivity contribution in [3.8, 4) is 0 Å². The van der Waals surface area contributed by atoms with Gasteiger partial charge in [-0.1, -0.05) is 27.2 Å². The number of hydrogen-bond acceptors (Lipinski definition) is 2. The van der Waals surface area contributed by atoms with Gasteiger partial charge >= 0.3 is 0 Å². The van der Waals surface area contributed by atoms with Crippen LogP contribution >= 0.6 is 0 Å². The summed E-state index contributed by atoms with van der Waals surface area (Å²) in [5.41, 5.74) is 1.37. The molecule has 16 heavy (non-hydrogen) atoms. The summed E-state index contributed by atoms with van der Waals surface area (Å²) in [6.45, 7) is 6.87. The lowest BCUT2D eigenvalue weighted by Gasteiger charge is -2.26. The van der Waals surface area contributed by atoms with Crippen LogP contribution in [0, 0.1) is 5.92 Å². The molecule has 0 aliphatic rings. The number of likely N-dealkylation sites (N-methyl/N-ethyl adjacent to an activating group) is 1. The minimum Gasteiger partial charge on any atom is -0.316 e. The van der Waals surface area contributed by atoms with Crippen molar-refractivity contribution in [2.75, 3.05) is 7.05 Å². The molecule has 2 heteroatoms. The van der Waals surface area contributed by atoms with Crippen LogP contribution < -0.4 is 5.32 Å². The Bertz CT molecular complexity index is 284. The van der Waals surface area contributed by atoms with E-state index in [-0.39, 0.29) is 0 Å². The molecule has 0 saturated carbocycles. The van der Waals surface area contributed by atoms with E-state index in [0.29, 0.717) is 12.0 Å². The fourth-order valence-corrected chi connectivity index (χ4v) is 2.07. The molecule has 0 amide bonds. The molecule has 0 radical (unpaired) electrons. The molecule has 3 unspecified atom stereocenters. The average molecular weight is 220 g/mol. The topological polar surface area (TPSA) is 24.9 Å². The van der Waals surface area contributed by atoms with Gasteiger partial charge in [-0.3, -0.25) is 4.98 Å². The van der Waals surface area contributed by atoms with Crippen LogP contribution in [0.4, 0.5) is 0 Å². The summed E-state index contributed by atoms with van der Waals surface area (Å²) in [6, 6.07) is 4.79. The van der Waals surface area contributed by atoms with Crippen LogP contribution in [-0.4, -0.2) is 18.1 Å². The lowest BCUT2D eigenvalue weighted by molar-refractivity contribution is 0.375. The van der Waals surface area contributed by atoms with E-state index < -0.39 is 0 Å². The summed E-state index contributed by atoms with van der Waals surface area (Å²) in [7, 11) is 2.06. The summed E-state index contributed by atoms with van der Waals surface area (Å²) in [5, 5.41) is 3.45. The maximum absolute atomic E-state index is 4.07. The van der Waals surface area contributed by atoms with Gasteiger partial charge in [0.15, 0.2) is 0 Å². The first-order valence-electron chi connectivity index (χ1n) is 6.26. The number of pyridine rings is 1. The molecular weight excluding hydrogens is 196 g/mol. The second kappa shape index (κ2) is 6.64. The average Bonchev–Trinajstić information content (AvgIpc) is 2.35. The molecule has 1 aromatic rings. The largest absolute Gasteiger partial charge is 0.316 e. The summed E-state index contributed by atoms with van der Waals surface area (Å²) >= 11 is 0. The Labute approximate surface area is 99.5 Å². The van der Waals surface area contributed by atoms with E-state index in [9.17, 15) is 0 Å². The summed E-state index contributed by atoms with van der Waals surface area (Å²) in [5.74, 6) is 1.32. The van der Waals surface area contributed by atoms with Gasteiger partial charge in [0.25, 0.3) is 0 Å². The van der Waals surface area contributed by atoms with Crippen molar-refractivity contribution in [2.24, 2.45) is 5.92 Å². The lowest BCUT2D eigenvalue weighted by atomic mass is 9.87. The highest BCUT2D eigenvalue weighted by Crippen LogP contribution is 2.23. The molecule has 0 spiro atoms. The minimum absolute atomic E-state index is 0.544. The van der Waals surface area contributed by atoms with Crippen LogP contribution in [-0.2, 0) is 0 Å². The Morgan fingerprint density at radius 1 is 1.25 bits per heavy atom. The molecule has 2 nitrogen and oxygen atoms in total. The second-order valence-corrected chi connectivity index (χ2v) is 4.71. The van der Waals surface area contributed by atoms with Gasteiger partial charge in [-0.15, -0.1) is 0 Å². The highest BCUT2D eigenvalue weighted by atomic mass is 14.9. The predicted molar refractivity (Wildman–Crippen MR) is 69.6 cm³/mol. The molecule has 1 aromatic heterocycles. The molecule has 0 fully saturated rings. The van der Waals surface area contributed by atoms with Gasteiger partial charge in [-0.05, 0) is 43.0 Å². The van der Waals surface area contributed by atoms with Crippen molar-refractivity contribution in [1.29, 1.82) is 0 Å². The normalized spacial score (nSPS) is 16.8. The fourth-order valence-electron chi connectivity index (χ4n) is 2.07. The van der Waals surface area contributed by atoms with E-state index in [1.165, 1.54) is 18.4 Å². The second-order valence-electron chi connectivity index (χ2n) is 4.71. The van der Waals surface area contributed by atoms with E-state index in [1.807, 2.05) is 12.4 Å². The van der Waals surface area contributed by atoms with Crippen LogP contribution in [0.25, 0.3) is 0 Å². The first kappa shape index (κ1) is 13.2. The van der Waals surface area contributed by atoms with E-state index in [4.69, 9.17) is 0 Å². The van der Waals surface area contributed by atoms with Gasteiger partial charge in [0.2, 0.25) is 0 Å². The number of nitrogens with zero attached hydrogens (tertiary/aromatic N) is 1. The van der Waals surface area contributed by atoms with Gasteiger partial charge < -0.3 is 5.32 Å². The number of hydrogen-bond donors (Lipinski definition) is 1. The van der Waals surface area contributed by atoms with Gasteiger partial charge in [0, 0.05) is 18.4 Å². The maximum Gasteiger partial charge on any atom is 0.0270 e. The van der Waals surface area contributed by atoms with E-state index in [2.05, 4.69) is 50.3 Å².